The molecular formula is C12H12N4O4S. The van der Waals surface area contributed by atoms with Crippen molar-refractivity contribution in [1.82, 2.24) is 15.4 Å². The van der Waals surface area contributed by atoms with Crippen LogP contribution >= 0.6 is 11.3 Å². The number of amides is 2. The SMILES string of the molecule is O=C(Cc1csc(NC(=O)OCc2ccncc2)n1)NO. The van der Waals surface area contributed by atoms with Gasteiger partial charge in [-0.3, -0.25) is 20.3 Å². The Kier molecular flexibility index (Phi) is 5.18. The van der Waals surface area contributed by atoms with Crippen molar-refractivity contribution in [3.05, 3.63) is 41.2 Å². The van der Waals surface area contributed by atoms with Crippen molar-refractivity contribution in [1.29, 1.82) is 0 Å². The van der Waals surface area contributed by atoms with Gasteiger partial charge in [-0.25, -0.2) is 15.3 Å². The van der Waals surface area contributed by atoms with E-state index in [1.807, 2.05) is 0 Å². The number of carbonyl (C=O) groups excluding carboxylic acids is 2. The lowest BCUT2D eigenvalue weighted by molar-refractivity contribution is -0.128. The predicted molar refractivity (Wildman–Crippen MR) is 73.8 cm³/mol. The Morgan fingerprint density at radius 1 is 1.33 bits per heavy atom. The van der Waals surface area contributed by atoms with Crippen LogP contribution in [-0.4, -0.2) is 27.2 Å². The highest BCUT2D eigenvalue weighted by Crippen LogP contribution is 2.16. The summed E-state index contributed by atoms with van der Waals surface area (Å²) in [4.78, 5) is 30.4. The average Bonchev–Trinajstić information content (AvgIpc) is 2.93. The summed E-state index contributed by atoms with van der Waals surface area (Å²) in [5, 5.41) is 12.8. The van der Waals surface area contributed by atoms with E-state index in [4.69, 9.17) is 9.94 Å². The standard InChI is InChI=1S/C12H12N4O4S/c17-10(16-19)5-9-7-21-11(14-9)15-12(18)20-6-8-1-3-13-4-2-8/h1-4,7,19H,5-6H2,(H,16,17)(H,14,15,18). The maximum atomic E-state index is 11.6. The van der Waals surface area contributed by atoms with Gasteiger partial charge in [0.05, 0.1) is 12.1 Å². The third-order valence-corrected chi connectivity index (χ3v) is 3.15. The van der Waals surface area contributed by atoms with Gasteiger partial charge in [0.2, 0.25) is 5.91 Å². The lowest BCUT2D eigenvalue weighted by Gasteiger charge is -2.04. The highest BCUT2D eigenvalue weighted by atomic mass is 32.1. The molecule has 0 fully saturated rings. The van der Waals surface area contributed by atoms with Crippen molar-refractivity contribution in [3.8, 4) is 0 Å². The monoisotopic (exact) mass is 308 g/mol. The van der Waals surface area contributed by atoms with Crippen LogP contribution in [0.25, 0.3) is 0 Å². The summed E-state index contributed by atoms with van der Waals surface area (Å²) >= 11 is 1.16. The molecule has 2 amide bonds. The molecule has 0 aliphatic carbocycles. The summed E-state index contributed by atoms with van der Waals surface area (Å²) in [6.07, 6.45) is 2.51. The van der Waals surface area contributed by atoms with Gasteiger partial charge in [-0.05, 0) is 17.7 Å². The molecule has 21 heavy (non-hydrogen) atoms. The first-order valence-corrected chi connectivity index (χ1v) is 6.75. The van der Waals surface area contributed by atoms with E-state index in [0.717, 1.165) is 16.9 Å². The van der Waals surface area contributed by atoms with E-state index in [2.05, 4.69) is 15.3 Å². The second kappa shape index (κ2) is 7.31. The van der Waals surface area contributed by atoms with Gasteiger partial charge in [0.1, 0.15) is 6.61 Å². The van der Waals surface area contributed by atoms with Crippen LogP contribution in [0, 0.1) is 0 Å². The lowest BCUT2D eigenvalue weighted by Crippen LogP contribution is -2.20. The number of hydrogen-bond acceptors (Lipinski definition) is 7. The molecule has 0 spiro atoms. The Balaban J connectivity index is 1.81. The van der Waals surface area contributed by atoms with Crippen LogP contribution in [0.4, 0.5) is 9.93 Å². The lowest BCUT2D eigenvalue weighted by atomic mass is 10.3. The minimum Gasteiger partial charge on any atom is -0.444 e. The Hall–Kier alpha value is -2.52. The molecule has 0 saturated carbocycles. The van der Waals surface area contributed by atoms with E-state index >= 15 is 0 Å². The fourth-order valence-corrected chi connectivity index (χ4v) is 2.10. The molecule has 0 atom stereocenters. The molecule has 0 unspecified atom stereocenters. The van der Waals surface area contributed by atoms with Gasteiger partial charge in [-0.1, -0.05) is 0 Å². The second-order valence-corrected chi connectivity index (χ2v) is 4.77. The summed E-state index contributed by atoms with van der Waals surface area (Å²) in [7, 11) is 0. The number of nitrogens with zero attached hydrogens (tertiary/aromatic N) is 2. The first-order chi connectivity index (χ1) is 10.2. The van der Waals surface area contributed by atoms with Crippen molar-refractivity contribution >= 4 is 28.5 Å². The fourth-order valence-electron chi connectivity index (χ4n) is 1.40. The maximum absolute atomic E-state index is 11.6. The number of carbonyl (C=O) groups is 2. The van der Waals surface area contributed by atoms with Gasteiger partial charge < -0.3 is 4.74 Å². The Morgan fingerprint density at radius 2 is 2.10 bits per heavy atom. The van der Waals surface area contributed by atoms with Gasteiger partial charge in [0.15, 0.2) is 5.13 Å². The molecule has 0 aromatic carbocycles. The Labute approximate surface area is 123 Å². The third kappa shape index (κ3) is 4.82. The van der Waals surface area contributed by atoms with Crippen LogP contribution in [0.5, 0.6) is 0 Å². The quantitative estimate of drug-likeness (QED) is 0.567. The summed E-state index contributed by atoms with van der Waals surface area (Å²) in [6.45, 7) is 0.125. The molecule has 110 valence electrons. The number of hydroxylamine groups is 1. The van der Waals surface area contributed by atoms with Crippen molar-refractivity contribution in [2.75, 3.05) is 5.32 Å². The van der Waals surface area contributed by atoms with E-state index in [1.54, 1.807) is 29.9 Å². The molecule has 2 aromatic heterocycles. The third-order valence-electron chi connectivity index (χ3n) is 2.35. The smallest absolute Gasteiger partial charge is 0.413 e. The van der Waals surface area contributed by atoms with Crippen LogP contribution in [0.2, 0.25) is 0 Å². The fraction of sp³-hybridized carbons (Fsp3) is 0.167. The van der Waals surface area contributed by atoms with Gasteiger partial charge >= 0.3 is 6.09 Å². The molecule has 0 aliphatic heterocycles. The van der Waals surface area contributed by atoms with Crippen molar-refractivity contribution in [2.24, 2.45) is 0 Å². The van der Waals surface area contributed by atoms with Crippen molar-refractivity contribution in [2.45, 2.75) is 13.0 Å². The van der Waals surface area contributed by atoms with Crippen LogP contribution in [0.1, 0.15) is 11.3 Å². The van der Waals surface area contributed by atoms with E-state index < -0.39 is 12.0 Å². The zero-order valence-electron chi connectivity index (χ0n) is 10.8. The molecular weight excluding hydrogens is 296 g/mol. The molecule has 2 heterocycles. The van der Waals surface area contributed by atoms with E-state index in [9.17, 15) is 9.59 Å². The molecule has 9 heteroatoms. The molecule has 0 radical (unpaired) electrons. The molecule has 0 saturated heterocycles. The first kappa shape index (κ1) is 14.9. The minimum absolute atomic E-state index is 0.0687. The average molecular weight is 308 g/mol. The van der Waals surface area contributed by atoms with Crippen molar-refractivity contribution < 1.29 is 19.5 Å². The topological polar surface area (TPSA) is 113 Å². The van der Waals surface area contributed by atoms with E-state index in [0.29, 0.717) is 10.8 Å². The number of rotatable bonds is 5. The molecule has 0 bridgehead atoms. The van der Waals surface area contributed by atoms with Crippen LogP contribution in [-0.2, 0) is 22.6 Å². The number of nitrogens with one attached hydrogen (secondary N) is 2. The highest BCUT2D eigenvalue weighted by Gasteiger charge is 2.10. The number of pyridine rings is 1. The molecule has 2 rings (SSSR count). The van der Waals surface area contributed by atoms with Crippen molar-refractivity contribution in [3.63, 3.8) is 0 Å². The Bertz CT molecular complexity index is 617. The molecule has 2 aromatic rings. The van der Waals surface area contributed by atoms with Gasteiger partial charge in [0.25, 0.3) is 0 Å². The molecule has 3 N–H and O–H groups in total. The largest absolute Gasteiger partial charge is 0.444 e. The first-order valence-electron chi connectivity index (χ1n) is 5.87. The normalized spacial score (nSPS) is 9.95. The summed E-state index contributed by atoms with van der Waals surface area (Å²) < 4.78 is 5.01. The summed E-state index contributed by atoms with van der Waals surface area (Å²) in [5.74, 6) is -0.577. The molecule has 0 aliphatic rings. The highest BCUT2D eigenvalue weighted by molar-refractivity contribution is 7.13. The van der Waals surface area contributed by atoms with Gasteiger partial charge in [0, 0.05) is 17.8 Å². The number of thiazole rings is 1. The summed E-state index contributed by atoms with van der Waals surface area (Å²) in [6, 6.07) is 3.48. The van der Waals surface area contributed by atoms with E-state index in [-0.39, 0.29) is 13.0 Å². The van der Waals surface area contributed by atoms with Crippen LogP contribution in [0.3, 0.4) is 0 Å². The second-order valence-electron chi connectivity index (χ2n) is 3.91. The number of ether oxygens (including phenoxy) is 1. The predicted octanol–water partition coefficient (Wildman–Crippen LogP) is 1.33. The minimum atomic E-state index is -0.640. The van der Waals surface area contributed by atoms with Gasteiger partial charge in [-0.2, -0.15) is 0 Å². The molecule has 8 nitrogen and oxygen atoms in total. The van der Waals surface area contributed by atoms with Gasteiger partial charge in [-0.15, -0.1) is 11.3 Å². The van der Waals surface area contributed by atoms with Crippen LogP contribution < -0.4 is 10.8 Å². The number of anilines is 1. The Morgan fingerprint density at radius 3 is 2.81 bits per heavy atom. The maximum Gasteiger partial charge on any atom is 0.413 e. The van der Waals surface area contributed by atoms with E-state index in [1.165, 1.54) is 5.48 Å². The zero-order chi connectivity index (χ0) is 15.1. The number of aromatic nitrogens is 2. The summed E-state index contributed by atoms with van der Waals surface area (Å²) in [5.41, 5.74) is 2.77. The number of hydrogen-bond donors (Lipinski definition) is 3. The zero-order valence-corrected chi connectivity index (χ0v) is 11.6. The van der Waals surface area contributed by atoms with Crippen LogP contribution in [0.15, 0.2) is 29.9 Å².